The van der Waals surface area contributed by atoms with Gasteiger partial charge in [-0.1, -0.05) is 19.1 Å². The molecule has 8 heteroatoms. The number of nitrogens with zero attached hydrogens (tertiary/aromatic N) is 4. The first kappa shape index (κ1) is 19.9. The van der Waals surface area contributed by atoms with Crippen molar-refractivity contribution in [3.05, 3.63) is 64.0 Å². The number of amides is 1. The zero-order chi connectivity index (χ0) is 21.3. The number of fused-ring (bicyclic) bond motifs is 1. The molecule has 156 valence electrons. The van der Waals surface area contributed by atoms with Crippen LogP contribution in [0.3, 0.4) is 0 Å². The molecule has 0 atom stereocenters. The Hall–Kier alpha value is -3.42. The Morgan fingerprint density at radius 1 is 1.23 bits per heavy atom. The van der Waals surface area contributed by atoms with E-state index >= 15 is 0 Å². The number of nitro benzene ring substituents is 1. The second kappa shape index (κ2) is 8.14. The van der Waals surface area contributed by atoms with E-state index < -0.39 is 4.92 Å². The van der Waals surface area contributed by atoms with Crippen molar-refractivity contribution in [2.75, 3.05) is 25.0 Å². The van der Waals surface area contributed by atoms with Crippen molar-refractivity contribution in [2.45, 2.75) is 32.2 Å². The van der Waals surface area contributed by atoms with E-state index in [4.69, 9.17) is 4.98 Å². The van der Waals surface area contributed by atoms with Gasteiger partial charge in [-0.05, 0) is 31.0 Å². The number of hydrogen-bond acceptors (Lipinski definition) is 5. The minimum atomic E-state index is -0.473. The van der Waals surface area contributed by atoms with Crippen LogP contribution in [0.5, 0.6) is 0 Å². The van der Waals surface area contributed by atoms with Crippen molar-refractivity contribution in [2.24, 2.45) is 0 Å². The lowest BCUT2D eigenvalue weighted by Gasteiger charge is -2.35. The molecular weight excluding hydrogens is 382 g/mol. The summed E-state index contributed by atoms with van der Waals surface area (Å²) in [5.41, 5.74) is 3.19. The Balaban J connectivity index is 1.60. The monoisotopic (exact) mass is 407 g/mol. The molecule has 1 aliphatic heterocycles. The maximum atomic E-state index is 12.4. The molecule has 1 aliphatic rings. The van der Waals surface area contributed by atoms with E-state index in [1.807, 2.05) is 18.2 Å². The largest absolute Gasteiger partial charge is 0.371 e. The van der Waals surface area contributed by atoms with Crippen LogP contribution < -0.4 is 10.2 Å². The Kier molecular flexibility index (Phi) is 5.39. The Morgan fingerprint density at radius 3 is 2.63 bits per heavy atom. The first-order chi connectivity index (χ1) is 14.5. The van der Waals surface area contributed by atoms with Gasteiger partial charge < -0.3 is 14.8 Å². The molecule has 0 unspecified atom stereocenters. The van der Waals surface area contributed by atoms with Gasteiger partial charge in [0.1, 0.15) is 5.82 Å². The Bertz CT molecular complexity index is 1100. The summed E-state index contributed by atoms with van der Waals surface area (Å²) in [5, 5.41) is 13.7. The van der Waals surface area contributed by atoms with E-state index in [-0.39, 0.29) is 11.6 Å². The van der Waals surface area contributed by atoms with Gasteiger partial charge in [-0.15, -0.1) is 0 Å². The van der Waals surface area contributed by atoms with Crippen molar-refractivity contribution < 1.29 is 9.72 Å². The number of hydrogen-bond donors (Lipinski definition) is 1. The van der Waals surface area contributed by atoms with Gasteiger partial charge >= 0.3 is 0 Å². The average molecular weight is 407 g/mol. The highest BCUT2D eigenvalue weighted by atomic mass is 16.6. The average Bonchev–Trinajstić information content (AvgIpc) is 3.17. The summed E-state index contributed by atoms with van der Waals surface area (Å²) in [6.45, 7) is 3.66. The molecule has 8 nitrogen and oxygen atoms in total. The summed E-state index contributed by atoms with van der Waals surface area (Å²) in [7, 11) is 1.54. The quantitative estimate of drug-likeness (QED) is 0.514. The zero-order valence-electron chi connectivity index (χ0n) is 17.2. The minimum absolute atomic E-state index is 0.0790. The molecule has 0 radical (unpaired) electrons. The molecule has 0 aliphatic carbocycles. The number of nitro groups is 1. The lowest BCUT2D eigenvalue weighted by atomic mass is 10.0. The number of non-ortho nitro benzene ring substituents is 1. The third-order valence-electron chi connectivity index (χ3n) is 5.82. The van der Waals surface area contributed by atoms with Crippen molar-refractivity contribution in [1.82, 2.24) is 14.9 Å². The van der Waals surface area contributed by atoms with Crippen molar-refractivity contribution >= 4 is 28.3 Å². The molecule has 4 rings (SSSR count). The van der Waals surface area contributed by atoms with Crippen molar-refractivity contribution in [3.8, 4) is 0 Å². The molecule has 1 amide bonds. The number of nitrogens with one attached hydrogen (secondary N) is 1. The van der Waals surface area contributed by atoms with E-state index in [0.717, 1.165) is 54.9 Å². The van der Waals surface area contributed by atoms with Crippen molar-refractivity contribution in [3.63, 3.8) is 0 Å². The van der Waals surface area contributed by atoms with E-state index in [1.165, 1.54) is 19.2 Å². The summed E-state index contributed by atoms with van der Waals surface area (Å²) in [5.74, 6) is 0.778. The second-order valence-electron chi connectivity index (χ2n) is 7.50. The van der Waals surface area contributed by atoms with E-state index in [9.17, 15) is 14.9 Å². The fraction of sp³-hybridized carbons (Fsp3) is 0.364. The van der Waals surface area contributed by atoms with Gasteiger partial charge in [0.25, 0.3) is 11.6 Å². The molecule has 30 heavy (non-hydrogen) atoms. The van der Waals surface area contributed by atoms with Gasteiger partial charge in [-0.3, -0.25) is 14.9 Å². The Morgan fingerprint density at radius 2 is 1.97 bits per heavy atom. The summed E-state index contributed by atoms with van der Waals surface area (Å²) in [6, 6.07) is 13.1. The van der Waals surface area contributed by atoms with E-state index in [2.05, 4.69) is 27.8 Å². The predicted molar refractivity (Wildman–Crippen MR) is 116 cm³/mol. The van der Waals surface area contributed by atoms with Gasteiger partial charge in [0.15, 0.2) is 0 Å². The molecule has 0 spiro atoms. The van der Waals surface area contributed by atoms with Crippen LogP contribution in [0.15, 0.2) is 42.5 Å². The number of aryl methyl sites for hydroxylation is 1. The van der Waals surface area contributed by atoms with Gasteiger partial charge in [0, 0.05) is 44.7 Å². The van der Waals surface area contributed by atoms with Crippen LogP contribution in [0.1, 0.15) is 42.0 Å². The molecular formula is C22H25N5O3. The highest BCUT2D eigenvalue weighted by Crippen LogP contribution is 2.33. The highest BCUT2D eigenvalue weighted by Gasteiger charge is 2.27. The van der Waals surface area contributed by atoms with Crippen LogP contribution in [0.2, 0.25) is 0 Å². The molecule has 1 fully saturated rings. The molecule has 1 saturated heterocycles. The van der Waals surface area contributed by atoms with Crippen LogP contribution in [0, 0.1) is 10.1 Å². The van der Waals surface area contributed by atoms with Crippen LogP contribution in [-0.2, 0) is 6.42 Å². The lowest BCUT2D eigenvalue weighted by molar-refractivity contribution is -0.384. The number of carbonyl (C=O) groups is 1. The smallest absolute Gasteiger partial charge is 0.270 e. The fourth-order valence-corrected chi connectivity index (χ4v) is 4.35. The summed E-state index contributed by atoms with van der Waals surface area (Å²) in [6.07, 6.45) is 2.70. The molecule has 0 saturated carbocycles. The number of piperidine rings is 1. The van der Waals surface area contributed by atoms with E-state index in [0.29, 0.717) is 11.6 Å². The number of aromatic nitrogens is 2. The molecule has 1 N–H and O–H groups in total. The number of rotatable bonds is 5. The fourth-order valence-electron chi connectivity index (χ4n) is 4.35. The number of benzene rings is 2. The maximum absolute atomic E-state index is 12.4. The summed E-state index contributed by atoms with van der Waals surface area (Å²) >= 11 is 0. The van der Waals surface area contributed by atoms with Crippen LogP contribution in [0.4, 0.5) is 11.4 Å². The summed E-state index contributed by atoms with van der Waals surface area (Å²) < 4.78 is 2.36. The van der Waals surface area contributed by atoms with Crippen LogP contribution in [-0.4, -0.2) is 40.5 Å². The number of imidazole rings is 1. The minimum Gasteiger partial charge on any atom is -0.371 e. The first-order valence-corrected chi connectivity index (χ1v) is 10.2. The first-order valence-electron chi connectivity index (χ1n) is 10.2. The number of para-hydroxylation sites is 2. The molecule has 1 aromatic heterocycles. The maximum Gasteiger partial charge on any atom is 0.270 e. The van der Waals surface area contributed by atoms with E-state index in [1.54, 1.807) is 6.07 Å². The number of carbonyl (C=O) groups excluding carboxylic acids is 1. The molecule has 2 aromatic carbocycles. The predicted octanol–water partition coefficient (Wildman–Crippen LogP) is 3.71. The van der Waals surface area contributed by atoms with Crippen LogP contribution >= 0.6 is 0 Å². The van der Waals surface area contributed by atoms with Crippen molar-refractivity contribution in [1.29, 1.82) is 0 Å². The normalized spacial score (nSPS) is 14.8. The van der Waals surface area contributed by atoms with Gasteiger partial charge in [0.2, 0.25) is 0 Å². The van der Waals surface area contributed by atoms with Gasteiger partial charge in [0.05, 0.1) is 27.2 Å². The molecule has 0 bridgehead atoms. The SMILES string of the molecule is CCc1nc2ccccc2n1C1CCN(c2ccc([N+](=O)[O-])cc2C(=O)NC)CC1. The number of anilines is 1. The molecule has 3 aromatic rings. The third kappa shape index (κ3) is 3.49. The standard InChI is InChI=1S/C22H25N5O3/c1-3-21-24-18-6-4-5-7-20(18)26(21)15-10-12-25(13-11-15)19-9-8-16(27(29)30)14-17(19)22(28)23-2/h4-9,14-15H,3,10-13H2,1-2H3,(H,23,28). The van der Waals surface area contributed by atoms with Gasteiger partial charge in [-0.2, -0.15) is 0 Å². The van der Waals surface area contributed by atoms with Gasteiger partial charge in [-0.25, -0.2) is 4.98 Å². The topological polar surface area (TPSA) is 93.3 Å². The van der Waals surface area contributed by atoms with Crippen LogP contribution in [0.25, 0.3) is 11.0 Å². The Labute approximate surface area is 174 Å². The highest BCUT2D eigenvalue weighted by molar-refractivity contribution is 6.00. The second-order valence-corrected chi connectivity index (χ2v) is 7.50. The summed E-state index contributed by atoms with van der Waals surface area (Å²) in [4.78, 5) is 30.0. The molecule has 2 heterocycles. The lowest BCUT2D eigenvalue weighted by Crippen LogP contribution is -2.36. The third-order valence-corrected chi connectivity index (χ3v) is 5.82. The zero-order valence-corrected chi connectivity index (χ0v) is 17.2.